The van der Waals surface area contributed by atoms with Gasteiger partial charge in [0.05, 0.1) is 11.3 Å². The maximum absolute atomic E-state index is 12.8. The van der Waals surface area contributed by atoms with Gasteiger partial charge in [0.1, 0.15) is 5.57 Å². The molecule has 0 atom stereocenters. The lowest BCUT2D eigenvalue weighted by molar-refractivity contribution is -0.137. The van der Waals surface area contributed by atoms with Crippen molar-refractivity contribution in [1.29, 1.82) is 0 Å². The molecule has 0 bridgehead atoms. The standard InChI is InChI=1S/C18H10ClF3N2O3/c19-12-4-6-13(7-5-12)24-16(26)14(15(25)23-17(24)27)9-10-2-1-3-11(8-10)18(20,21)22/h1-9H,(H,23,25,27)/b14-9-. The molecule has 3 rings (SSSR count). The Kier molecular flexibility index (Phi) is 4.75. The van der Waals surface area contributed by atoms with Crippen LogP contribution in [-0.2, 0) is 15.8 Å². The number of imide groups is 2. The molecule has 1 fully saturated rings. The highest BCUT2D eigenvalue weighted by atomic mass is 35.5. The first-order chi connectivity index (χ1) is 12.7. The third-order valence-electron chi connectivity index (χ3n) is 3.71. The SMILES string of the molecule is O=C1NC(=O)N(c2ccc(Cl)cc2)C(=O)/C1=C\c1cccc(C(F)(F)F)c1. The van der Waals surface area contributed by atoms with E-state index in [1.54, 1.807) is 0 Å². The molecule has 9 heteroatoms. The summed E-state index contributed by atoms with van der Waals surface area (Å²) in [5, 5.41) is 2.37. The molecule has 0 saturated carbocycles. The molecule has 2 aromatic rings. The average Bonchev–Trinajstić information content (AvgIpc) is 2.60. The Bertz CT molecular complexity index is 969. The molecular formula is C18H10ClF3N2O3. The van der Waals surface area contributed by atoms with Crippen molar-refractivity contribution in [2.24, 2.45) is 0 Å². The number of benzene rings is 2. The quantitative estimate of drug-likeness (QED) is 0.618. The first-order valence-electron chi connectivity index (χ1n) is 7.51. The van der Waals surface area contributed by atoms with Crippen molar-refractivity contribution in [3.8, 4) is 0 Å². The number of anilines is 1. The summed E-state index contributed by atoms with van der Waals surface area (Å²) >= 11 is 5.77. The molecule has 1 aliphatic rings. The van der Waals surface area contributed by atoms with Crippen LogP contribution in [0.1, 0.15) is 11.1 Å². The predicted octanol–water partition coefficient (Wildman–Crippen LogP) is 4.03. The Morgan fingerprint density at radius 1 is 1.00 bits per heavy atom. The first kappa shape index (κ1) is 18.7. The van der Waals surface area contributed by atoms with Crippen molar-refractivity contribution < 1.29 is 27.6 Å². The van der Waals surface area contributed by atoms with Gasteiger partial charge in [-0.2, -0.15) is 13.2 Å². The summed E-state index contributed by atoms with van der Waals surface area (Å²) in [6.45, 7) is 0. The molecule has 0 aromatic heterocycles. The number of alkyl halides is 3. The number of hydrogen-bond acceptors (Lipinski definition) is 3. The fraction of sp³-hybridized carbons (Fsp3) is 0.0556. The van der Waals surface area contributed by atoms with Crippen LogP contribution in [0, 0.1) is 0 Å². The highest BCUT2D eigenvalue weighted by molar-refractivity contribution is 6.39. The highest BCUT2D eigenvalue weighted by Gasteiger charge is 2.37. The second-order valence-electron chi connectivity index (χ2n) is 5.56. The second kappa shape index (κ2) is 6.88. The van der Waals surface area contributed by atoms with Gasteiger partial charge in [-0.25, -0.2) is 9.69 Å². The van der Waals surface area contributed by atoms with Crippen molar-refractivity contribution >= 4 is 41.2 Å². The van der Waals surface area contributed by atoms with E-state index >= 15 is 0 Å². The Morgan fingerprint density at radius 2 is 1.67 bits per heavy atom. The third-order valence-corrected chi connectivity index (χ3v) is 3.96. The van der Waals surface area contributed by atoms with E-state index in [4.69, 9.17) is 11.6 Å². The molecular weight excluding hydrogens is 385 g/mol. The van der Waals surface area contributed by atoms with E-state index < -0.39 is 35.2 Å². The van der Waals surface area contributed by atoms with Crippen LogP contribution in [-0.4, -0.2) is 17.8 Å². The van der Waals surface area contributed by atoms with E-state index in [0.29, 0.717) is 9.92 Å². The number of barbiturate groups is 1. The second-order valence-corrected chi connectivity index (χ2v) is 5.99. The molecule has 1 aliphatic heterocycles. The molecule has 1 heterocycles. The van der Waals surface area contributed by atoms with Gasteiger partial charge in [0.25, 0.3) is 11.8 Å². The minimum absolute atomic E-state index is 0.00581. The molecule has 0 spiro atoms. The summed E-state index contributed by atoms with van der Waals surface area (Å²) in [5.41, 5.74) is -1.24. The van der Waals surface area contributed by atoms with Gasteiger partial charge in [-0.3, -0.25) is 14.9 Å². The Hall–Kier alpha value is -3.13. The van der Waals surface area contributed by atoms with Crippen LogP contribution in [0.3, 0.4) is 0 Å². The van der Waals surface area contributed by atoms with Crippen LogP contribution in [0.2, 0.25) is 5.02 Å². The van der Waals surface area contributed by atoms with Crippen LogP contribution in [0.5, 0.6) is 0 Å². The van der Waals surface area contributed by atoms with E-state index in [2.05, 4.69) is 0 Å². The molecule has 5 nitrogen and oxygen atoms in total. The highest BCUT2D eigenvalue weighted by Crippen LogP contribution is 2.30. The number of nitrogens with one attached hydrogen (secondary N) is 1. The van der Waals surface area contributed by atoms with Crippen molar-refractivity contribution in [2.75, 3.05) is 4.90 Å². The zero-order chi connectivity index (χ0) is 19.8. The zero-order valence-electron chi connectivity index (χ0n) is 13.4. The number of amides is 4. The number of carbonyl (C=O) groups excluding carboxylic acids is 3. The molecule has 138 valence electrons. The van der Waals surface area contributed by atoms with E-state index in [0.717, 1.165) is 24.3 Å². The average molecular weight is 395 g/mol. The lowest BCUT2D eigenvalue weighted by Gasteiger charge is -2.26. The number of halogens is 4. The van der Waals surface area contributed by atoms with Gasteiger partial charge in [-0.1, -0.05) is 23.7 Å². The van der Waals surface area contributed by atoms with Crippen molar-refractivity contribution in [2.45, 2.75) is 6.18 Å². The Morgan fingerprint density at radius 3 is 2.30 bits per heavy atom. The number of nitrogens with zero attached hydrogens (tertiary/aromatic N) is 1. The molecule has 4 amide bonds. The van der Waals surface area contributed by atoms with Gasteiger partial charge in [0.2, 0.25) is 0 Å². The van der Waals surface area contributed by atoms with E-state index in [1.807, 2.05) is 5.32 Å². The molecule has 0 unspecified atom stereocenters. The van der Waals surface area contributed by atoms with Gasteiger partial charge in [-0.15, -0.1) is 0 Å². The predicted molar refractivity (Wildman–Crippen MR) is 91.9 cm³/mol. The number of urea groups is 1. The lowest BCUT2D eigenvalue weighted by Crippen LogP contribution is -2.54. The van der Waals surface area contributed by atoms with Gasteiger partial charge in [-0.05, 0) is 48.0 Å². The minimum Gasteiger partial charge on any atom is -0.273 e. The first-order valence-corrected chi connectivity index (χ1v) is 7.89. The third kappa shape index (κ3) is 3.85. The largest absolute Gasteiger partial charge is 0.416 e. The summed E-state index contributed by atoms with van der Waals surface area (Å²) in [5.74, 6) is -1.95. The van der Waals surface area contributed by atoms with Crippen molar-refractivity contribution in [3.63, 3.8) is 0 Å². The van der Waals surface area contributed by atoms with Crippen LogP contribution in [0.4, 0.5) is 23.7 Å². The molecule has 1 saturated heterocycles. The van der Waals surface area contributed by atoms with E-state index in [9.17, 15) is 27.6 Å². The van der Waals surface area contributed by atoms with Crippen LogP contribution in [0.15, 0.2) is 54.1 Å². The monoisotopic (exact) mass is 394 g/mol. The maximum atomic E-state index is 12.8. The Balaban J connectivity index is 2.01. The van der Waals surface area contributed by atoms with E-state index in [1.165, 1.54) is 30.3 Å². The smallest absolute Gasteiger partial charge is 0.273 e. The van der Waals surface area contributed by atoms with E-state index in [-0.39, 0.29) is 11.3 Å². The minimum atomic E-state index is -4.57. The lowest BCUT2D eigenvalue weighted by atomic mass is 10.0. The van der Waals surface area contributed by atoms with Crippen LogP contribution >= 0.6 is 11.6 Å². The molecule has 0 radical (unpaired) electrons. The molecule has 0 aliphatic carbocycles. The van der Waals surface area contributed by atoms with Crippen molar-refractivity contribution in [3.05, 3.63) is 70.3 Å². The number of hydrogen-bond donors (Lipinski definition) is 1. The number of carbonyl (C=O) groups is 3. The van der Waals surface area contributed by atoms with Gasteiger partial charge in [0.15, 0.2) is 0 Å². The summed E-state index contributed by atoms with van der Waals surface area (Å²) in [6.07, 6.45) is -3.57. The molecule has 2 aromatic carbocycles. The summed E-state index contributed by atoms with van der Waals surface area (Å²) < 4.78 is 38.5. The Labute approximate surface area is 156 Å². The normalized spacial score (nSPS) is 16.7. The zero-order valence-corrected chi connectivity index (χ0v) is 14.1. The van der Waals surface area contributed by atoms with Crippen molar-refractivity contribution in [1.82, 2.24) is 5.32 Å². The molecule has 27 heavy (non-hydrogen) atoms. The van der Waals surface area contributed by atoms with Crippen LogP contribution in [0.25, 0.3) is 6.08 Å². The summed E-state index contributed by atoms with van der Waals surface area (Å²) in [7, 11) is 0. The fourth-order valence-electron chi connectivity index (χ4n) is 2.45. The molecule has 1 N–H and O–H groups in total. The van der Waals surface area contributed by atoms with Gasteiger partial charge >= 0.3 is 12.2 Å². The number of rotatable bonds is 2. The summed E-state index contributed by atoms with van der Waals surface area (Å²) in [6, 6.07) is 8.87. The van der Waals surface area contributed by atoms with Gasteiger partial charge in [0, 0.05) is 5.02 Å². The van der Waals surface area contributed by atoms with Gasteiger partial charge < -0.3 is 0 Å². The van der Waals surface area contributed by atoms with Crippen LogP contribution < -0.4 is 10.2 Å². The summed E-state index contributed by atoms with van der Waals surface area (Å²) in [4.78, 5) is 37.4. The fourth-order valence-corrected chi connectivity index (χ4v) is 2.58. The topological polar surface area (TPSA) is 66.5 Å². The maximum Gasteiger partial charge on any atom is 0.416 e.